The highest BCUT2D eigenvalue weighted by Crippen LogP contribution is 2.21. The molecule has 0 saturated carbocycles. The van der Waals surface area contributed by atoms with Crippen molar-refractivity contribution in [3.63, 3.8) is 0 Å². The predicted molar refractivity (Wildman–Crippen MR) is 77.3 cm³/mol. The SMILES string of the molecule is CCCCCN(c1cccnc1C(=N)N)C(C)C. The van der Waals surface area contributed by atoms with Crippen molar-refractivity contribution in [1.82, 2.24) is 4.98 Å². The Labute approximate surface area is 110 Å². The van der Waals surface area contributed by atoms with Gasteiger partial charge in [0, 0.05) is 18.8 Å². The van der Waals surface area contributed by atoms with Crippen LogP contribution in [0.4, 0.5) is 5.69 Å². The van der Waals surface area contributed by atoms with Gasteiger partial charge >= 0.3 is 0 Å². The number of hydrogen-bond acceptors (Lipinski definition) is 3. The number of rotatable bonds is 7. The molecule has 0 atom stereocenters. The molecule has 0 amide bonds. The molecule has 3 N–H and O–H groups in total. The van der Waals surface area contributed by atoms with Crippen LogP contribution < -0.4 is 10.6 Å². The lowest BCUT2D eigenvalue weighted by molar-refractivity contribution is 0.624. The van der Waals surface area contributed by atoms with Gasteiger partial charge in [-0.25, -0.2) is 0 Å². The second-order valence-corrected chi connectivity index (χ2v) is 4.78. The molecule has 4 nitrogen and oxygen atoms in total. The number of nitrogens with one attached hydrogen (secondary N) is 1. The van der Waals surface area contributed by atoms with Gasteiger partial charge in [-0.3, -0.25) is 10.4 Å². The third-order valence-corrected chi connectivity index (χ3v) is 2.98. The number of hydrogen-bond donors (Lipinski definition) is 2. The van der Waals surface area contributed by atoms with Gasteiger partial charge in [0.25, 0.3) is 0 Å². The molecular weight excluding hydrogens is 224 g/mol. The smallest absolute Gasteiger partial charge is 0.143 e. The van der Waals surface area contributed by atoms with Gasteiger partial charge in [-0.15, -0.1) is 0 Å². The number of pyridine rings is 1. The van der Waals surface area contributed by atoms with Crippen LogP contribution in [0.3, 0.4) is 0 Å². The van der Waals surface area contributed by atoms with Crippen LogP contribution in [0.2, 0.25) is 0 Å². The van der Waals surface area contributed by atoms with Crippen molar-refractivity contribution in [2.75, 3.05) is 11.4 Å². The molecule has 0 aliphatic carbocycles. The van der Waals surface area contributed by atoms with Gasteiger partial charge in [0.15, 0.2) is 0 Å². The minimum Gasteiger partial charge on any atom is -0.382 e. The van der Waals surface area contributed by atoms with Gasteiger partial charge in [-0.05, 0) is 32.4 Å². The Bertz CT molecular complexity index is 387. The molecule has 0 saturated heterocycles. The van der Waals surface area contributed by atoms with Gasteiger partial charge < -0.3 is 10.6 Å². The molecule has 0 radical (unpaired) electrons. The monoisotopic (exact) mass is 248 g/mol. The summed E-state index contributed by atoms with van der Waals surface area (Å²) in [7, 11) is 0. The van der Waals surface area contributed by atoms with E-state index >= 15 is 0 Å². The van der Waals surface area contributed by atoms with Crippen LogP contribution in [-0.4, -0.2) is 23.4 Å². The van der Waals surface area contributed by atoms with E-state index in [4.69, 9.17) is 11.1 Å². The number of anilines is 1. The van der Waals surface area contributed by atoms with E-state index in [2.05, 4.69) is 30.7 Å². The molecule has 0 bridgehead atoms. The summed E-state index contributed by atoms with van der Waals surface area (Å²) in [5, 5.41) is 7.61. The zero-order valence-corrected chi connectivity index (χ0v) is 11.6. The molecule has 18 heavy (non-hydrogen) atoms. The molecule has 4 heteroatoms. The molecule has 0 aliphatic heterocycles. The van der Waals surface area contributed by atoms with Crippen molar-refractivity contribution in [1.29, 1.82) is 5.41 Å². The van der Waals surface area contributed by atoms with Gasteiger partial charge in [0.1, 0.15) is 11.5 Å². The summed E-state index contributed by atoms with van der Waals surface area (Å²) in [5.74, 6) is 0.0340. The van der Waals surface area contributed by atoms with E-state index < -0.39 is 0 Å². The van der Waals surface area contributed by atoms with Crippen molar-refractivity contribution in [3.8, 4) is 0 Å². The Balaban J connectivity index is 2.94. The van der Waals surface area contributed by atoms with E-state index in [9.17, 15) is 0 Å². The highest BCUT2D eigenvalue weighted by Gasteiger charge is 2.16. The summed E-state index contributed by atoms with van der Waals surface area (Å²) < 4.78 is 0. The van der Waals surface area contributed by atoms with Crippen LogP contribution in [-0.2, 0) is 0 Å². The summed E-state index contributed by atoms with van der Waals surface area (Å²) in [4.78, 5) is 6.50. The van der Waals surface area contributed by atoms with E-state index in [1.807, 2.05) is 12.1 Å². The van der Waals surface area contributed by atoms with Gasteiger partial charge in [0.05, 0.1) is 5.69 Å². The normalized spacial score (nSPS) is 10.7. The first-order valence-electron chi connectivity index (χ1n) is 6.64. The van der Waals surface area contributed by atoms with Crippen molar-refractivity contribution < 1.29 is 0 Å². The number of nitrogens with zero attached hydrogens (tertiary/aromatic N) is 2. The van der Waals surface area contributed by atoms with Crippen LogP contribution >= 0.6 is 0 Å². The topological polar surface area (TPSA) is 66.0 Å². The van der Waals surface area contributed by atoms with E-state index in [1.54, 1.807) is 6.20 Å². The molecule has 0 aliphatic rings. The maximum absolute atomic E-state index is 7.61. The highest BCUT2D eigenvalue weighted by molar-refractivity contribution is 5.98. The van der Waals surface area contributed by atoms with Crippen LogP contribution in [0.15, 0.2) is 18.3 Å². The first kappa shape index (κ1) is 14.5. The Morgan fingerprint density at radius 2 is 2.17 bits per heavy atom. The lowest BCUT2D eigenvalue weighted by atomic mass is 10.1. The Kier molecular flexibility index (Phi) is 5.62. The molecule has 0 unspecified atom stereocenters. The fraction of sp³-hybridized carbons (Fsp3) is 0.571. The summed E-state index contributed by atoms with van der Waals surface area (Å²) in [6.45, 7) is 7.49. The summed E-state index contributed by atoms with van der Waals surface area (Å²) >= 11 is 0. The first-order valence-corrected chi connectivity index (χ1v) is 6.64. The Morgan fingerprint density at radius 1 is 1.44 bits per heavy atom. The van der Waals surface area contributed by atoms with Crippen molar-refractivity contribution >= 4 is 11.5 Å². The zero-order chi connectivity index (χ0) is 13.5. The second-order valence-electron chi connectivity index (χ2n) is 4.78. The molecule has 1 heterocycles. The summed E-state index contributed by atoms with van der Waals surface area (Å²) in [5.41, 5.74) is 7.16. The van der Waals surface area contributed by atoms with Crippen molar-refractivity contribution in [2.24, 2.45) is 5.73 Å². The highest BCUT2D eigenvalue weighted by atomic mass is 15.2. The maximum atomic E-state index is 7.61. The molecular formula is C14H24N4. The zero-order valence-electron chi connectivity index (χ0n) is 11.6. The third-order valence-electron chi connectivity index (χ3n) is 2.98. The number of nitrogens with two attached hydrogens (primary N) is 1. The fourth-order valence-corrected chi connectivity index (χ4v) is 2.03. The number of unbranched alkanes of at least 4 members (excludes halogenated alkanes) is 2. The number of amidine groups is 1. The molecule has 1 rings (SSSR count). The molecule has 0 aromatic carbocycles. The van der Waals surface area contributed by atoms with Crippen molar-refractivity contribution in [2.45, 2.75) is 46.1 Å². The molecule has 0 fully saturated rings. The van der Waals surface area contributed by atoms with Gasteiger partial charge in [-0.1, -0.05) is 19.8 Å². The Hall–Kier alpha value is -1.58. The number of nitrogen functional groups attached to an aromatic ring is 1. The van der Waals surface area contributed by atoms with E-state index in [0.717, 1.165) is 18.7 Å². The third kappa shape index (κ3) is 3.72. The molecule has 0 spiro atoms. The lowest BCUT2D eigenvalue weighted by Gasteiger charge is -2.30. The van der Waals surface area contributed by atoms with E-state index in [1.165, 1.54) is 12.8 Å². The molecule has 100 valence electrons. The van der Waals surface area contributed by atoms with Crippen molar-refractivity contribution in [3.05, 3.63) is 24.0 Å². The minimum absolute atomic E-state index is 0.0340. The summed E-state index contributed by atoms with van der Waals surface area (Å²) in [6.07, 6.45) is 5.27. The predicted octanol–water partition coefficient (Wildman–Crippen LogP) is 2.77. The lowest BCUT2D eigenvalue weighted by Crippen LogP contribution is -2.34. The van der Waals surface area contributed by atoms with E-state index in [-0.39, 0.29) is 5.84 Å². The molecule has 1 aromatic rings. The van der Waals surface area contributed by atoms with Gasteiger partial charge in [0.2, 0.25) is 0 Å². The van der Waals surface area contributed by atoms with Crippen LogP contribution in [0, 0.1) is 5.41 Å². The largest absolute Gasteiger partial charge is 0.382 e. The minimum atomic E-state index is 0.0340. The standard InChI is InChI=1S/C14H24N4/c1-4-5-6-10-18(11(2)3)12-8-7-9-17-13(12)14(15)16/h7-9,11H,4-6,10H2,1-3H3,(H3,15,16). The first-order chi connectivity index (χ1) is 8.57. The molecule has 1 aromatic heterocycles. The summed E-state index contributed by atoms with van der Waals surface area (Å²) in [6, 6.07) is 4.27. The Morgan fingerprint density at radius 3 is 2.72 bits per heavy atom. The van der Waals surface area contributed by atoms with E-state index in [0.29, 0.717) is 11.7 Å². The van der Waals surface area contributed by atoms with Crippen LogP contribution in [0.5, 0.6) is 0 Å². The average molecular weight is 248 g/mol. The fourth-order valence-electron chi connectivity index (χ4n) is 2.03. The maximum Gasteiger partial charge on any atom is 0.143 e. The van der Waals surface area contributed by atoms with Crippen LogP contribution in [0.25, 0.3) is 0 Å². The van der Waals surface area contributed by atoms with Crippen LogP contribution in [0.1, 0.15) is 45.7 Å². The average Bonchev–Trinajstić information content (AvgIpc) is 2.34. The second kappa shape index (κ2) is 6.99. The number of aromatic nitrogens is 1. The van der Waals surface area contributed by atoms with Gasteiger partial charge in [-0.2, -0.15) is 0 Å². The quantitative estimate of drug-likeness (QED) is 0.443.